The Hall–Kier alpha value is -0.730. The Bertz CT molecular complexity index is 375. The second-order valence-electron chi connectivity index (χ2n) is 5.39. The summed E-state index contributed by atoms with van der Waals surface area (Å²) in [4.78, 5) is 2.44. The van der Waals surface area contributed by atoms with Gasteiger partial charge in [-0.3, -0.25) is 0 Å². The van der Waals surface area contributed by atoms with Crippen LogP contribution in [-0.4, -0.2) is 36.5 Å². The fourth-order valence-corrected chi connectivity index (χ4v) is 2.87. The Kier molecular flexibility index (Phi) is 4.52. The van der Waals surface area contributed by atoms with E-state index in [2.05, 4.69) is 24.0 Å². The van der Waals surface area contributed by atoms with Gasteiger partial charge in [-0.2, -0.15) is 0 Å². The molecule has 0 amide bonds. The number of hydrogen-bond acceptors (Lipinski definition) is 2. The van der Waals surface area contributed by atoms with E-state index in [4.69, 9.17) is 16.3 Å². The van der Waals surface area contributed by atoms with Gasteiger partial charge in [0.2, 0.25) is 0 Å². The molecule has 2 nitrogen and oxygen atoms in total. The molecule has 1 aliphatic rings. The van der Waals surface area contributed by atoms with Crippen LogP contribution in [0.2, 0.25) is 0 Å². The molecule has 0 radical (unpaired) electrons. The van der Waals surface area contributed by atoms with Crippen LogP contribution in [0.25, 0.3) is 0 Å². The highest BCUT2D eigenvalue weighted by molar-refractivity contribution is 6.23. The van der Waals surface area contributed by atoms with E-state index >= 15 is 0 Å². The average Bonchev–Trinajstić information content (AvgIpc) is 2.36. The lowest BCUT2D eigenvalue weighted by Crippen LogP contribution is -2.43. The number of halogens is 1. The van der Waals surface area contributed by atoms with Gasteiger partial charge in [-0.05, 0) is 50.4 Å². The van der Waals surface area contributed by atoms with Crippen molar-refractivity contribution < 1.29 is 4.74 Å². The van der Waals surface area contributed by atoms with Crippen LogP contribution in [0.1, 0.15) is 25.3 Å². The molecule has 1 heterocycles. The fourth-order valence-electron chi connectivity index (χ4n) is 2.57. The first kappa shape index (κ1) is 13.7. The summed E-state index contributed by atoms with van der Waals surface area (Å²) >= 11 is 6.43. The number of rotatable bonds is 4. The minimum Gasteiger partial charge on any atom is -0.497 e. The molecule has 1 aromatic rings. The maximum absolute atomic E-state index is 6.43. The molecule has 18 heavy (non-hydrogen) atoms. The van der Waals surface area contributed by atoms with Crippen molar-refractivity contribution in [2.45, 2.75) is 31.1 Å². The van der Waals surface area contributed by atoms with Gasteiger partial charge in [-0.25, -0.2) is 0 Å². The molecule has 1 atom stereocenters. The Morgan fingerprint density at radius 3 is 2.67 bits per heavy atom. The summed E-state index contributed by atoms with van der Waals surface area (Å²) in [5, 5.41) is 0. The third-order valence-corrected chi connectivity index (χ3v) is 3.91. The number of hydrogen-bond donors (Lipinski definition) is 0. The summed E-state index contributed by atoms with van der Waals surface area (Å²) in [5.74, 6) is 0.921. The Labute approximate surface area is 115 Å². The predicted molar refractivity (Wildman–Crippen MR) is 76.6 cm³/mol. The Morgan fingerprint density at radius 2 is 2.06 bits per heavy atom. The minimum atomic E-state index is -0.0296. The summed E-state index contributed by atoms with van der Waals surface area (Å²) in [7, 11) is 1.70. The largest absolute Gasteiger partial charge is 0.497 e. The zero-order valence-electron chi connectivity index (χ0n) is 11.3. The summed E-state index contributed by atoms with van der Waals surface area (Å²) in [6.45, 7) is 5.42. The van der Waals surface area contributed by atoms with Gasteiger partial charge in [0.25, 0.3) is 0 Å². The highest BCUT2D eigenvalue weighted by Gasteiger charge is 2.28. The molecule has 0 bridgehead atoms. The maximum atomic E-state index is 6.43. The van der Waals surface area contributed by atoms with E-state index in [9.17, 15) is 0 Å². The van der Waals surface area contributed by atoms with E-state index in [1.807, 2.05) is 12.1 Å². The molecule has 1 unspecified atom stereocenters. The van der Waals surface area contributed by atoms with E-state index in [1.54, 1.807) is 7.11 Å². The quantitative estimate of drug-likeness (QED) is 0.776. The van der Waals surface area contributed by atoms with Gasteiger partial charge in [-0.15, -0.1) is 11.6 Å². The zero-order valence-corrected chi connectivity index (χ0v) is 12.0. The third-order valence-electron chi connectivity index (χ3n) is 3.60. The van der Waals surface area contributed by atoms with Crippen molar-refractivity contribution in [3.05, 3.63) is 29.8 Å². The number of methoxy groups -OCH3 is 1. The highest BCUT2D eigenvalue weighted by Crippen LogP contribution is 2.27. The summed E-state index contributed by atoms with van der Waals surface area (Å²) < 4.78 is 5.16. The first-order valence-electron chi connectivity index (χ1n) is 6.63. The number of nitrogens with zero attached hydrogens (tertiary/aromatic N) is 1. The smallest absolute Gasteiger partial charge is 0.118 e. The van der Waals surface area contributed by atoms with Crippen LogP contribution in [0, 0.1) is 0 Å². The maximum Gasteiger partial charge on any atom is 0.118 e. The van der Waals surface area contributed by atoms with Crippen LogP contribution in [0.3, 0.4) is 0 Å². The molecule has 0 saturated carbocycles. The highest BCUT2D eigenvalue weighted by atomic mass is 35.5. The van der Waals surface area contributed by atoms with Gasteiger partial charge in [0.15, 0.2) is 0 Å². The van der Waals surface area contributed by atoms with Crippen LogP contribution in [0.5, 0.6) is 5.75 Å². The second kappa shape index (κ2) is 5.94. The van der Waals surface area contributed by atoms with E-state index in [-0.39, 0.29) is 4.87 Å². The lowest BCUT2D eigenvalue weighted by molar-refractivity contribution is 0.199. The van der Waals surface area contributed by atoms with Gasteiger partial charge in [-0.1, -0.05) is 12.1 Å². The molecular weight excluding hydrogens is 246 g/mol. The lowest BCUT2D eigenvalue weighted by Gasteiger charge is -2.36. The van der Waals surface area contributed by atoms with Crippen LogP contribution in [0.15, 0.2) is 24.3 Å². The zero-order chi connectivity index (χ0) is 13.0. The van der Waals surface area contributed by atoms with E-state index in [0.717, 1.165) is 31.7 Å². The van der Waals surface area contributed by atoms with E-state index in [0.29, 0.717) is 0 Å². The third kappa shape index (κ3) is 3.89. The fraction of sp³-hybridized carbons (Fsp3) is 0.600. The molecule has 2 rings (SSSR count). The van der Waals surface area contributed by atoms with Crippen LogP contribution in [0.4, 0.5) is 0 Å². The number of piperidine rings is 1. The van der Waals surface area contributed by atoms with Crippen molar-refractivity contribution in [2.24, 2.45) is 0 Å². The first-order chi connectivity index (χ1) is 8.59. The van der Waals surface area contributed by atoms with Crippen LogP contribution < -0.4 is 4.74 Å². The van der Waals surface area contributed by atoms with Crippen molar-refractivity contribution in [1.82, 2.24) is 4.90 Å². The van der Waals surface area contributed by atoms with Crippen molar-refractivity contribution in [3.63, 3.8) is 0 Å². The molecule has 1 saturated heterocycles. The molecule has 0 N–H and O–H groups in total. The van der Waals surface area contributed by atoms with Crippen molar-refractivity contribution >= 4 is 11.6 Å². The van der Waals surface area contributed by atoms with Crippen LogP contribution >= 0.6 is 11.6 Å². The van der Waals surface area contributed by atoms with Gasteiger partial charge in [0, 0.05) is 13.1 Å². The van der Waals surface area contributed by atoms with Crippen LogP contribution in [-0.2, 0) is 6.42 Å². The molecule has 100 valence electrons. The van der Waals surface area contributed by atoms with Crippen molar-refractivity contribution in [3.8, 4) is 5.75 Å². The molecular formula is C15H22ClNO. The molecule has 0 aromatic heterocycles. The summed E-state index contributed by atoms with van der Waals surface area (Å²) in [6.07, 6.45) is 3.42. The van der Waals surface area contributed by atoms with Gasteiger partial charge < -0.3 is 9.64 Å². The summed E-state index contributed by atoms with van der Waals surface area (Å²) in [5.41, 5.74) is 1.36. The number of alkyl halides is 1. The predicted octanol–water partition coefficient (Wildman–Crippen LogP) is 3.33. The normalized spacial score (nSPS) is 25.1. The SMILES string of the molecule is COc1ccc(CCN2CCCC(C)(Cl)C2)cc1. The van der Waals surface area contributed by atoms with Crippen molar-refractivity contribution in [1.29, 1.82) is 0 Å². The average molecular weight is 268 g/mol. The minimum absolute atomic E-state index is 0.0296. The van der Waals surface area contributed by atoms with Crippen molar-refractivity contribution in [2.75, 3.05) is 26.7 Å². The Balaban J connectivity index is 1.83. The number of likely N-dealkylation sites (tertiary alicyclic amines) is 1. The Morgan fingerprint density at radius 1 is 1.33 bits per heavy atom. The molecule has 1 fully saturated rings. The van der Waals surface area contributed by atoms with Gasteiger partial charge >= 0.3 is 0 Å². The number of benzene rings is 1. The van der Waals surface area contributed by atoms with Gasteiger partial charge in [0.05, 0.1) is 12.0 Å². The van der Waals surface area contributed by atoms with Gasteiger partial charge in [0.1, 0.15) is 5.75 Å². The molecule has 0 aliphatic carbocycles. The standard InChI is InChI=1S/C15H22ClNO/c1-15(16)9-3-10-17(12-15)11-8-13-4-6-14(18-2)7-5-13/h4-7H,3,8-12H2,1-2H3. The monoisotopic (exact) mass is 267 g/mol. The molecule has 1 aromatic carbocycles. The second-order valence-corrected chi connectivity index (χ2v) is 6.30. The topological polar surface area (TPSA) is 12.5 Å². The van der Waals surface area contributed by atoms with E-state index < -0.39 is 0 Å². The molecule has 3 heteroatoms. The van der Waals surface area contributed by atoms with E-state index in [1.165, 1.54) is 18.5 Å². The lowest BCUT2D eigenvalue weighted by atomic mass is 9.99. The summed E-state index contributed by atoms with van der Waals surface area (Å²) in [6, 6.07) is 8.33. The molecule has 0 spiro atoms. The first-order valence-corrected chi connectivity index (χ1v) is 7.01. The molecule has 1 aliphatic heterocycles. The number of ether oxygens (including phenoxy) is 1.